The minimum absolute atomic E-state index is 0.0775. The van der Waals surface area contributed by atoms with Crippen LogP contribution in [0.15, 0.2) is 10.6 Å². The molecule has 4 atom stereocenters. The Morgan fingerprint density at radius 1 is 1.04 bits per heavy atom. The van der Waals surface area contributed by atoms with Gasteiger partial charge in [-0.2, -0.15) is 0 Å². The fourth-order valence-corrected chi connectivity index (χ4v) is 5.13. The van der Waals surface area contributed by atoms with E-state index < -0.39 is 0 Å². The molecule has 2 unspecified atom stereocenters. The summed E-state index contributed by atoms with van der Waals surface area (Å²) in [5.41, 5.74) is -0.120. The average Bonchev–Trinajstić information content (AvgIpc) is 3.13. The summed E-state index contributed by atoms with van der Waals surface area (Å²) in [6, 6.07) is 0. The third kappa shape index (κ3) is 5.17. The molecule has 26 heavy (non-hydrogen) atoms. The van der Waals surface area contributed by atoms with Gasteiger partial charge in [0.2, 0.25) is 0 Å². The van der Waals surface area contributed by atoms with E-state index in [1.807, 2.05) is 0 Å². The van der Waals surface area contributed by atoms with Crippen molar-refractivity contribution in [3.8, 4) is 0 Å². The van der Waals surface area contributed by atoms with Gasteiger partial charge in [-0.15, -0.1) is 0 Å². The third-order valence-electron chi connectivity index (χ3n) is 6.60. The zero-order valence-electron chi connectivity index (χ0n) is 16.0. The molecule has 3 aliphatic carbocycles. The normalized spacial score (nSPS) is 34.2. The van der Waals surface area contributed by atoms with Gasteiger partial charge in [-0.05, 0) is 55.4 Å². The van der Waals surface area contributed by atoms with Crippen LogP contribution in [0.3, 0.4) is 0 Å². The summed E-state index contributed by atoms with van der Waals surface area (Å²) < 4.78 is 12.3. The van der Waals surface area contributed by atoms with Crippen LogP contribution in [0.5, 0.6) is 0 Å². The first-order valence-electron chi connectivity index (χ1n) is 10.2. The van der Waals surface area contributed by atoms with Gasteiger partial charge in [-0.1, -0.05) is 62.7 Å². The van der Waals surface area contributed by atoms with Gasteiger partial charge < -0.3 is 9.47 Å². The zero-order chi connectivity index (χ0) is 18.7. The molecule has 0 saturated heterocycles. The maximum atomic E-state index is 12.5. The summed E-state index contributed by atoms with van der Waals surface area (Å²) >= 11 is 11.5. The minimum atomic E-state index is -0.132. The summed E-state index contributed by atoms with van der Waals surface area (Å²) in [5.74, 6) is 0.261. The lowest BCUT2D eigenvalue weighted by molar-refractivity contribution is -0.149. The van der Waals surface area contributed by atoms with Crippen LogP contribution in [0.2, 0.25) is 0 Å². The minimum Gasteiger partial charge on any atom is -0.465 e. The zero-order valence-corrected chi connectivity index (χ0v) is 17.5. The van der Waals surface area contributed by atoms with E-state index in [2.05, 4.69) is 13.8 Å². The summed E-state index contributed by atoms with van der Waals surface area (Å²) in [7, 11) is 0. The highest BCUT2D eigenvalue weighted by Crippen LogP contribution is 2.60. The van der Waals surface area contributed by atoms with Crippen LogP contribution < -0.4 is 0 Å². The van der Waals surface area contributed by atoms with Crippen molar-refractivity contribution < 1.29 is 14.3 Å². The van der Waals surface area contributed by atoms with E-state index in [-0.39, 0.29) is 27.7 Å². The number of rotatable bonds is 6. The molecule has 0 aromatic rings. The Balaban J connectivity index is 1.43. The van der Waals surface area contributed by atoms with E-state index in [0.717, 1.165) is 19.3 Å². The average molecular weight is 403 g/mol. The van der Waals surface area contributed by atoms with Gasteiger partial charge in [-0.25, -0.2) is 0 Å². The predicted molar refractivity (Wildman–Crippen MR) is 105 cm³/mol. The lowest BCUT2D eigenvalue weighted by atomic mass is 9.87. The Morgan fingerprint density at radius 3 is 2.42 bits per heavy atom. The number of allylic oxidation sites excluding steroid dienone is 1. The third-order valence-corrected chi connectivity index (χ3v) is 6.86. The molecule has 0 aliphatic heterocycles. The van der Waals surface area contributed by atoms with E-state index in [1.54, 1.807) is 6.08 Å². The lowest BCUT2D eigenvalue weighted by Gasteiger charge is -2.33. The van der Waals surface area contributed by atoms with Gasteiger partial charge in [0.05, 0.1) is 24.7 Å². The van der Waals surface area contributed by atoms with Crippen LogP contribution in [0.25, 0.3) is 0 Å². The number of hydrogen-bond donors (Lipinski definition) is 0. The predicted octanol–water partition coefficient (Wildman–Crippen LogP) is 6.03. The molecular formula is C21H32Cl2O3. The molecule has 3 fully saturated rings. The first kappa shape index (κ1) is 20.5. The smallest absolute Gasteiger partial charge is 0.310 e. The van der Waals surface area contributed by atoms with E-state index in [4.69, 9.17) is 32.7 Å². The second-order valence-corrected chi connectivity index (χ2v) is 9.97. The lowest BCUT2D eigenvalue weighted by Crippen LogP contribution is -2.31. The van der Waals surface area contributed by atoms with Crippen molar-refractivity contribution >= 4 is 29.2 Å². The van der Waals surface area contributed by atoms with E-state index in [9.17, 15) is 4.79 Å². The van der Waals surface area contributed by atoms with Crippen molar-refractivity contribution in [3.05, 3.63) is 10.6 Å². The molecule has 0 aromatic heterocycles. The molecule has 3 rings (SSSR count). The molecule has 0 aromatic carbocycles. The summed E-state index contributed by atoms with van der Waals surface area (Å²) in [6.07, 6.45) is 13.4. The van der Waals surface area contributed by atoms with Crippen molar-refractivity contribution in [1.82, 2.24) is 0 Å². The number of ether oxygens (including phenoxy) is 2. The number of halogens is 2. The van der Waals surface area contributed by atoms with E-state index in [1.165, 1.54) is 38.5 Å². The monoisotopic (exact) mass is 402 g/mol. The molecule has 0 bridgehead atoms. The first-order chi connectivity index (χ1) is 12.4. The van der Waals surface area contributed by atoms with Gasteiger partial charge in [0.15, 0.2) is 0 Å². The van der Waals surface area contributed by atoms with Crippen molar-refractivity contribution in [3.63, 3.8) is 0 Å². The Labute approximate surface area is 167 Å². The SMILES string of the molecule is CC1(C)[C@H](C=C(Cl)Cl)[C@H]1C(=O)OCC1CCCC(OC2CCCCC2)C1. The molecule has 3 saturated carbocycles. The van der Waals surface area contributed by atoms with Crippen molar-refractivity contribution in [1.29, 1.82) is 0 Å². The van der Waals surface area contributed by atoms with Crippen LogP contribution in [0.4, 0.5) is 0 Å². The molecule has 0 spiro atoms. The highest BCUT2D eigenvalue weighted by molar-refractivity contribution is 6.55. The maximum Gasteiger partial charge on any atom is 0.310 e. The fourth-order valence-electron chi connectivity index (χ4n) is 4.85. The van der Waals surface area contributed by atoms with Crippen LogP contribution in [0.1, 0.15) is 71.6 Å². The number of hydrogen-bond acceptors (Lipinski definition) is 3. The highest BCUT2D eigenvalue weighted by atomic mass is 35.5. The van der Waals surface area contributed by atoms with Crippen LogP contribution in [-0.4, -0.2) is 24.8 Å². The molecule has 3 aliphatic rings. The summed E-state index contributed by atoms with van der Waals surface area (Å²) in [6.45, 7) is 4.64. The molecule has 3 nitrogen and oxygen atoms in total. The van der Waals surface area contributed by atoms with Crippen molar-refractivity contribution in [2.45, 2.75) is 83.8 Å². The molecule has 5 heteroatoms. The van der Waals surface area contributed by atoms with Crippen LogP contribution >= 0.6 is 23.2 Å². The molecule has 0 heterocycles. The number of esters is 1. The van der Waals surface area contributed by atoms with Crippen molar-refractivity contribution in [2.75, 3.05) is 6.61 Å². The van der Waals surface area contributed by atoms with Crippen molar-refractivity contribution in [2.24, 2.45) is 23.2 Å². The summed E-state index contributed by atoms with van der Waals surface area (Å²) in [4.78, 5) is 12.5. The molecular weight excluding hydrogens is 371 g/mol. The first-order valence-corrected chi connectivity index (χ1v) is 11.0. The Bertz CT molecular complexity index is 521. The standard InChI is InChI=1S/C21H32Cl2O3/c1-21(2)17(12-18(22)23)19(21)20(24)25-13-14-7-6-10-16(11-14)26-15-8-4-3-5-9-15/h12,14-17,19H,3-11,13H2,1-2H3/t14?,16?,17-,19+/m1/s1. The Kier molecular flexibility index (Phi) is 6.96. The van der Waals surface area contributed by atoms with Gasteiger partial charge in [-0.3, -0.25) is 4.79 Å². The number of carbonyl (C=O) groups excluding carboxylic acids is 1. The molecule has 0 amide bonds. The van der Waals surface area contributed by atoms with Gasteiger partial charge in [0, 0.05) is 0 Å². The second kappa shape index (κ2) is 8.84. The fraction of sp³-hybridized carbons (Fsp3) is 0.857. The van der Waals surface area contributed by atoms with Crippen LogP contribution in [0, 0.1) is 23.2 Å². The van der Waals surface area contributed by atoms with Gasteiger partial charge in [0.25, 0.3) is 0 Å². The Hall–Kier alpha value is -0.250. The highest BCUT2D eigenvalue weighted by Gasteiger charge is 2.61. The number of carbonyl (C=O) groups is 1. The largest absolute Gasteiger partial charge is 0.465 e. The van der Waals surface area contributed by atoms with Gasteiger partial charge in [0.1, 0.15) is 4.49 Å². The second-order valence-electron chi connectivity index (χ2n) is 8.96. The van der Waals surface area contributed by atoms with E-state index in [0.29, 0.717) is 24.7 Å². The van der Waals surface area contributed by atoms with Gasteiger partial charge >= 0.3 is 5.97 Å². The van der Waals surface area contributed by atoms with Crippen LogP contribution in [-0.2, 0) is 14.3 Å². The molecule has 0 radical (unpaired) electrons. The maximum absolute atomic E-state index is 12.5. The Morgan fingerprint density at radius 2 is 1.73 bits per heavy atom. The topological polar surface area (TPSA) is 35.5 Å². The quantitative estimate of drug-likeness (QED) is 0.508. The van der Waals surface area contributed by atoms with E-state index >= 15 is 0 Å². The summed E-state index contributed by atoms with van der Waals surface area (Å²) in [5, 5.41) is 0. The molecule has 148 valence electrons. The molecule has 0 N–H and O–H groups in total.